The van der Waals surface area contributed by atoms with E-state index in [0.717, 1.165) is 48.1 Å². The van der Waals surface area contributed by atoms with Crippen LogP contribution in [0.4, 0.5) is 4.39 Å². The molecule has 0 aliphatic carbocycles. The van der Waals surface area contributed by atoms with Crippen LogP contribution in [-0.4, -0.2) is 54.8 Å². The minimum absolute atomic E-state index is 0.331. The molecular formula is C27H24FN7. The Morgan fingerprint density at radius 3 is 2.57 bits per heavy atom. The van der Waals surface area contributed by atoms with Crippen LogP contribution in [0.25, 0.3) is 44.8 Å². The summed E-state index contributed by atoms with van der Waals surface area (Å²) < 4.78 is 16.6. The van der Waals surface area contributed by atoms with Crippen molar-refractivity contribution in [2.45, 2.75) is 18.9 Å². The predicted octanol–water partition coefficient (Wildman–Crippen LogP) is 5.02. The predicted molar refractivity (Wildman–Crippen MR) is 133 cm³/mol. The topological polar surface area (TPSA) is 72.6 Å². The maximum absolute atomic E-state index is 14.6. The highest BCUT2D eigenvalue weighted by atomic mass is 19.1. The van der Waals surface area contributed by atoms with E-state index in [9.17, 15) is 4.39 Å². The zero-order chi connectivity index (χ0) is 23.8. The van der Waals surface area contributed by atoms with Crippen LogP contribution in [-0.2, 0) is 0 Å². The van der Waals surface area contributed by atoms with Crippen LogP contribution in [0.5, 0.6) is 0 Å². The fourth-order valence-corrected chi connectivity index (χ4v) is 4.64. The van der Waals surface area contributed by atoms with Crippen molar-refractivity contribution in [3.05, 3.63) is 79.3 Å². The van der Waals surface area contributed by atoms with Crippen molar-refractivity contribution in [1.29, 1.82) is 0 Å². The largest absolute Gasteiger partial charge is 0.306 e. The highest BCUT2D eigenvalue weighted by molar-refractivity contribution is 5.94. The third-order valence-electron chi connectivity index (χ3n) is 6.60. The Morgan fingerprint density at radius 2 is 1.71 bits per heavy atom. The molecule has 4 aromatic heterocycles. The maximum atomic E-state index is 14.6. The molecule has 0 unspecified atom stereocenters. The second kappa shape index (κ2) is 8.96. The van der Waals surface area contributed by atoms with Crippen LogP contribution in [0.3, 0.4) is 0 Å². The van der Waals surface area contributed by atoms with Crippen LogP contribution in [0.2, 0.25) is 0 Å². The molecule has 0 saturated carbocycles. The average molecular weight is 466 g/mol. The molecule has 5 aromatic rings. The number of benzene rings is 1. The standard InChI is InChI=1S/C27H24FN7/c1-34-11-8-19(9-12-34)35-17-18(14-31-35)25-15-29-16-26(32-25)22-13-24(21-5-2-3-7-23(21)28)33-27-20(22)6-4-10-30-27/h2-7,10,13-17,19H,8-9,11-12H2,1H3. The molecule has 1 aliphatic heterocycles. The average Bonchev–Trinajstić information content (AvgIpc) is 3.39. The summed E-state index contributed by atoms with van der Waals surface area (Å²) in [5, 5.41) is 5.46. The van der Waals surface area contributed by atoms with Crippen molar-refractivity contribution in [3.8, 4) is 33.8 Å². The highest BCUT2D eigenvalue weighted by Gasteiger charge is 2.20. The molecule has 8 heteroatoms. The Balaban J connectivity index is 1.41. The van der Waals surface area contributed by atoms with Crippen molar-refractivity contribution >= 4 is 11.0 Å². The second-order valence-electron chi connectivity index (χ2n) is 8.94. The van der Waals surface area contributed by atoms with Gasteiger partial charge in [-0.2, -0.15) is 5.10 Å². The van der Waals surface area contributed by atoms with Crippen LogP contribution in [0.15, 0.2) is 73.4 Å². The number of hydrogen-bond donors (Lipinski definition) is 0. The molecule has 1 saturated heterocycles. The Kier molecular flexibility index (Phi) is 5.50. The van der Waals surface area contributed by atoms with Gasteiger partial charge in [-0.25, -0.2) is 19.3 Å². The fourth-order valence-electron chi connectivity index (χ4n) is 4.64. The van der Waals surface area contributed by atoms with Gasteiger partial charge in [-0.05, 0) is 63.3 Å². The molecule has 1 aliphatic rings. The number of nitrogens with zero attached hydrogens (tertiary/aromatic N) is 7. The fraction of sp³-hybridized carbons (Fsp3) is 0.222. The van der Waals surface area contributed by atoms with Gasteiger partial charge in [0.1, 0.15) is 5.82 Å². The number of likely N-dealkylation sites (tertiary alicyclic amines) is 1. The van der Waals surface area contributed by atoms with Gasteiger partial charge in [0.15, 0.2) is 5.65 Å². The number of hydrogen-bond acceptors (Lipinski definition) is 6. The van der Waals surface area contributed by atoms with Crippen LogP contribution in [0, 0.1) is 5.82 Å². The first-order valence-corrected chi connectivity index (χ1v) is 11.7. The first-order valence-electron chi connectivity index (χ1n) is 11.7. The van der Waals surface area contributed by atoms with Crippen molar-refractivity contribution < 1.29 is 4.39 Å². The van der Waals surface area contributed by atoms with E-state index in [2.05, 4.69) is 42.9 Å². The second-order valence-corrected chi connectivity index (χ2v) is 8.94. The molecule has 174 valence electrons. The van der Waals surface area contributed by atoms with Gasteiger partial charge in [0.05, 0.1) is 41.7 Å². The number of halogens is 1. The van der Waals surface area contributed by atoms with Gasteiger partial charge in [-0.1, -0.05) is 12.1 Å². The molecule has 7 nitrogen and oxygen atoms in total. The molecule has 0 N–H and O–H groups in total. The van der Waals surface area contributed by atoms with E-state index in [0.29, 0.717) is 28.6 Å². The smallest absolute Gasteiger partial charge is 0.160 e. The molecule has 0 amide bonds. The molecule has 1 fully saturated rings. The lowest BCUT2D eigenvalue weighted by molar-refractivity contribution is 0.212. The van der Waals surface area contributed by atoms with Gasteiger partial charge in [0.2, 0.25) is 0 Å². The van der Waals surface area contributed by atoms with E-state index in [1.807, 2.05) is 24.4 Å². The van der Waals surface area contributed by atoms with Gasteiger partial charge in [-0.15, -0.1) is 0 Å². The molecule has 0 spiro atoms. The monoisotopic (exact) mass is 465 g/mol. The quantitative estimate of drug-likeness (QED) is 0.371. The zero-order valence-electron chi connectivity index (χ0n) is 19.3. The summed E-state index contributed by atoms with van der Waals surface area (Å²) in [5.74, 6) is -0.331. The summed E-state index contributed by atoms with van der Waals surface area (Å²) >= 11 is 0. The van der Waals surface area contributed by atoms with Gasteiger partial charge >= 0.3 is 0 Å². The first-order chi connectivity index (χ1) is 17.2. The van der Waals surface area contributed by atoms with Gasteiger partial charge in [0, 0.05) is 34.5 Å². The van der Waals surface area contributed by atoms with Gasteiger partial charge < -0.3 is 4.90 Å². The van der Waals surface area contributed by atoms with Gasteiger partial charge in [-0.3, -0.25) is 9.67 Å². The van der Waals surface area contributed by atoms with Crippen molar-refractivity contribution in [2.75, 3.05) is 20.1 Å². The molecule has 5 heterocycles. The molecule has 0 atom stereocenters. The van der Waals surface area contributed by atoms with Crippen molar-refractivity contribution in [1.82, 2.24) is 34.6 Å². The molecule has 1 aromatic carbocycles. The molecule has 6 rings (SSSR count). The summed E-state index contributed by atoms with van der Waals surface area (Å²) in [5.41, 5.74) is 4.60. The van der Waals surface area contributed by atoms with E-state index < -0.39 is 0 Å². The Labute approximate surface area is 202 Å². The molecule has 0 bridgehead atoms. The third-order valence-corrected chi connectivity index (χ3v) is 6.60. The minimum atomic E-state index is -0.331. The summed E-state index contributed by atoms with van der Waals surface area (Å²) in [6, 6.07) is 12.7. The van der Waals surface area contributed by atoms with Crippen molar-refractivity contribution in [2.24, 2.45) is 0 Å². The van der Waals surface area contributed by atoms with E-state index in [4.69, 9.17) is 4.98 Å². The lowest BCUT2D eigenvalue weighted by Gasteiger charge is -2.28. The van der Waals surface area contributed by atoms with Gasteiger partial charge in [0.25, 0.3) is 0 Å². The lowest BCUT2D eigenvalue weighted by Crippen LogP contribution is -2.31. The van der Waals surface area contributed by atoms with Crippen molar-refractivity contribution in [3.63, 3.8) is 0 Å². The number of piperidine rings is 1. The number of rotatable bonds is 4. The van der Waals surface area contributed by atoms with E-state index in [-0.39, 0.29) is 5.82 Å². The third kappa shape index (κ3) is 4.17. The Morgan fingerprint density at radius 1 is 0.886 bits per heavy atom. The number of fused-ring (bicyclic) bond motifs is 1. The number of pyridine rings is 2. The first kappa shape index (κ1) is 21.5. The summed E-state index contributed by atoms with van der Waals surface area (Å²) in [6.07, 6.45) is 11.2. The Hall–Kier alpha value is -4.04. The maximum Gasteiger partial charge on any atom is 0.160 e. The lowest BCUT2D eigenvalue weighted by atomic mass is 10.0. The number of aromatic nitrogens is 6. The zero-order valence-corrected chi connectivity index (χ0v) is 19.3. The summed E-state index contributed by atoms with van der Waals surface area (Å²) in [4.78, 5) is 20.8. The Bertz CT molecular complexity index is 1500. The molecule has 35 heavy (non-hydrogen) atoms. The van der Waals surface area contributed by atoms with Crippen LogP contribution in [0.1, 0.15) is 18.9 Å². The molecule has 0 radical (unpaired) electrons. The summed E-state index contributed by atoms with van der Waals surface area (Å²) in [7, 11) is 2.15. The molecular weight excluding hydrogens is 441 g/mol. The SMILES string of the molecule is CN1CCC(n2cc(-c3cncc(-c4cc(-c5ccccc5F)nc5ncccc45)n3)cn2)CC1. The van der Waals surface area contributed by atoms with E-state index >= 15 is 0 Å². The normalized spacial score (nSPS) is 15.0. The van der Waals surface area contributed by atoms with E-state index in [1.165, 1.54) is 6.07 Å². The van der Waals surface area contributed by atoms with Crippen LogP contribution >= 0.6 is 0 Å². The van der Waals surface area contributed by atoms with E-state index in [1.54, 1.807) is 36.8 Å². The summed E-state index contributed by atoms with van der Waals surface area (Å²) in [6.45, 7) is 2.14. The minimum Gasteiger partial charge on any atom is -0.306 e. The highest BCUT2D eigenvalue weighted by Crippen LogP contribution is 2.32. The van der Waals surface area contributed by atoms with Crippen LogP contribution < -0.4 is 0 Å².